The van der Waals surface area contributed by atoms with Crippen LogP contribution in [0.25, 0.3) is 0 Å². The molecule has 0 saturated heterocycles. The summed E-state index contributed by atoms with van der Waals surface area (Å²) in [6.45, 7) is 1.46. The van der Waals surface area contributed by atoms with Crippen molar-refractivity contribution in [1.29, 1.82) is 5.26 Å². The summed E-state index contributed by atoms with van der Waals surface area (Å²) in [7, 11) is -3.67. The van der Waals surface area contributed by atoms with E-state index in [9.17, 15) is 18.5 Å². The number of anilines is 1. The van der Waals surface area contributed by atoms with Crippen LogP contribution in [0.4, 0.5) is 5.00 Å². The maximum Gasteiger partial charge on any atom is 0.276 e. The van der Waals surface area contributed by atoms with E-state index in [-0.39, 0.29) is 16.5 Å². The monoisotopic (exact) mass is 410 g/mol. The summed E-state index contributed by atoms with van der Waals surface area (Å²) in [5.41, 5.74) is 1.22. The standard InChI is InChI=1S/C16H15ClN4O3S2/c1-2-26(23,24)16-19-8-11(17)13(20-16)14(22)21-15-10(7-18)9-5-3-4-6-12(9)25-15/h8H,2-6H2,1H3,(H,21,22). The second kappa shape index (κ2) is 7.31. The highest BCUT2D eigenvalue weighted by molar-refractivity contribution is 7.91. The van der Waals surface area contributed by atoms with Gasteiger partial charge in [-0.25, -0.2) is 18.4 Å². The predicted octanol–water partition coefficient (Wildman–Crippen LogP) is 2.99. The molecule has 2 aromatic rings. The molecule has 0 aromatic carbocycles. The molecule has 2 aromatic heterocycles. The number of hydrogen-bond acceptors (Lipinski definition) is 7. The number of sulfone groups is 1. The van der Waals surface area contributed by atoms with Gasteiger partial charge in [-0.15, -0.1) is 11.3 Å². The topological polar surface area (TPSA) is 113 Å². The molecule has 0 saturated carbocycles. The summed E-state index contributed by atoms with van der Waals surface area (Å²) in [4.78, 5) is 21.2. The van der Waals surface area contributed by atoms with Crippen LogP contribution in [0, 0.1) is 11.3 Å². The Morgan fingerprint density at radius 3 is 2.85 bits per heavy atom. The van der Waals surface area contributed by atoms with Crippen molar-refractivity contribution in [2.75, 3.05) is 11.1 Å². The molecule has 1 amide bonds. The van der Waals surface area contributed by atoms with Crippen molar-refractivity contribution in [3.63, 3.8) is 0 Å². The molecule has 1 aliphatic carbocycles. The third-order valence-electron chi connectivity index (χ3n) is 4.11. The van der Waals surface area contributed by atoms with Crippen LogP contribution in [0.15, 0.2) is 11.4 Å². The highest BCUT2D eigenvalue weighted by Crippen LogP contribution is 2.37. The van der Waals surface area contributed by atoms with Crippen molar-refractivity contribution in [3.05, 3.63) is 32.9 Å². The highest BCUT2D eigenvalue weighted by atomic mass is 35.5. The van der Waals surface area contributed by atoms with E-state index in [4.69, 9.17) is 11.6 Å². The molecule has 0 aliphatic heterocycles. The zero-order valence-electron chi connectivity index (χ0n) is 13.9. The van der Waals surface area contributed by atoms with E-state index < -0.39 is 20.9 Å². The van der Waals surface area contributed by atoms with Gasteiger partial charge in [-0.2, -0.15) is 5.26 Å². The van der Waals surface area contributed by atoms with Crippen LogP contribution in [0.2, 0.25) is 5.02 Å². The normalized spacial score (nSPS) is 13.7. The highest BCUT2D eigenvalue weighted by Gasteiger charge is 2.25. The van der Waals surface area contributed by atoms with Crippen LogP contribution in [-0.4, -0.2) is 30.0 Å². The van der Waals surface area contributed by atoms with Crippen molar-refractivity contribution >= 4 is 43.7 Å². The number of fused-ring (bicyclic) bond motifs is 1. The summed E-state index contributed by atoms with van der Waals surface area (Å²) in [5.74, 6) is -0.855. The van der Waals surface area contributed by atoms with Crippen LogP contribution in [0.1, 0.15) is 46.3 Å². The number of carbonyl (C=O) groups excluding carboxylic acids is 1. The van der Waals surface area contributed by atoms with Crippen LogP contribution in [-0.2, 0) is 22.7 Å². The van der Waals surface area contributed by atoms with Gasteiger partial charge in [0.2, 0.25) is 15.0 Å². The van der Waals surface area contributed by atoms with E-state index in [2.05, 4.69) is 21.4 Å². The minimum Gasteiger partial charge on any atom is -0.311 e. The Labute approximate surface area is 160 Å². The van der Waals surface area contributed by atoms with Crippen molar-refractivity contribution < 1.29 is 13.2 Å². The second-order valence-electron chi connectivity index (χ2n) is 5.73. The number of aryl methyl sites for hydroxylation is 1. The van der Waals surface area contributed by atoms with E-state index in [1.54, 1.807) is 0 Å². The van der Waals surface area contributed by atoms with Crippen LogP contribution in [0.3, 0.4) is 0 Å². The Bertz CT molecular complexity index is 1020. The number of carbonyl (C=O) groups is 1. The van der Waals surface area contributed by atoms with Crippen LogP contribution in [0.5, 0.6) is 0 Å². The number of aromatic nitrogens is 2. The van der Waals surface area contributed by atoms with E-state index in [1.807, 2.05) is 0 Å². The molecule has 2 heterocycles. The van der Waals surface area contributed by atoms with E-state index >= 15 is 0 Å². The van der Waals surface area contributed by atoms with Crippen LogP contribution < -0.4 is 5.32 Å². The van der Waals surface area contributed by atoms with E-state index in [1.165, 1.54) is 18.3 Å². The minimum atomic E-state index is -3.67. The number of hydrogen-bond donors (Lipinski definition) is 1. The Morgan fingerprint density at radius 2 is 2.15 bits per heavy atom. The first-order chi connectivity index (χ1) is 12.4. The Hall–Kier alpha value is -2.02. The molecule has 1 aliphatic rings. The van der Waals surface area contributed by atoms with Crippen molar-refractivity contribution in [2.24, 2.45) is 0 Å². The molecule has 10 heteroatoms. The van der Waals surface area contributed by atoms with Gasteiger partial charge in [0, 0.05) is 4.88 Å². The van der Waals surface area contributed by atoms with Gasteiger partial charge in [0.15, 0.2) is 5.69 Å². The molecular formula is C16H15ClN4O3S2. The summed E-state index contributed by atoms with van der Waals surface area (Å²) >= 11 is 7.35. The number of rotatable bonds is 4. The molecule has 0 atom stereocenters. The lowest BCUT2D eigenvalue weighted by atomic mass is 9.96. The first-order valence-corrected chi connectivity index (χ1v) is 10.8. The molecule has 26 heavy (non-hydrogen) atoms. The summed E-state index contributed by atoms with van der Waals surface area (Å²) < 4.78 is 23.9. The number of nitrogens with one attached hydrogen (secondary N) is 1. The van der Waals surface area contributed by atoms with E-state index in [0.29, 0.717) is 10.6 Å². The van der Waals surface area contributed by atoms with E-state index in [0.717, 1.165) is 42.3 Å². The van der Waals surface area contributed by atoms with Gasteiger partial charge >= 0.3 is 0 Å². The minimum absolute atomic E-state index is 0.0580. The molecule has 136 valence electrons. The number of halogens is 1. The average molecular weight is 411 g/mol. The zero-order valence-corrected chi connectivity index (χ0v) is 16.3. The smallest absolute Gasteiger partial charge is 0.276 e. The van der Waals surface area contributed by atoms with Gasteiger partial charge in [-0.1, -0.05) is 18.5 Å². The molecular weight excluding hydrogens is 396 g/mol. The second-order valence-corrected chi connectivity index (χ2v) is 9.42. The molecule has 1 N–H and O–H groups in total. The fourth-order valence-corrected chi connectivity index (χ4v) is 4.84. The maximum absolute atomic E-state index is 12.6. The fourth-order valence-electron chi connectivity index (χ4n) is 2.72. The summed E-state index contributed by atoms with van der Waals surface area (Å²) in [6, 6.07) is 2.15. The lowest BCUT2D eigenvalue weighted by molar-refractivity contribution is 0.102. The summed E-state index contributed by atoms with van der Waals surface area (Å²) in [6.07, 6.45) is 4.87. The molecule has 0 radical (unpaired) electrons. The largest absolute Gasteiger partial charge is 0.311 e. The quantitative estimate of drug-likeness (QED) is 0.775. The van der Waals surface area contributed by atoms with Gasteiger partial charge < -0.3 is 5.32 Å². The molecule has 0 spiro atoms. The Balaban J connectivity index is 1.96. The Kier molecular flexibility index (Phi) is 5.27. The number of amides is 1. The predicted molar refractivity (Wildman–Crippen MR) is 98.4 cm³/mol. The lowest BCUT2D eigenvalue weighted by Crippen LogP contribution is -2.18. The first-order valence-electron chi connectivity index (χ1n) is 7.98. The maximum atomic E-state index is 12.6. The summed E-state index contributed by atoms with van der Waals surface area (Å²) in [5, 5.41) is 12.1. The molecule has 0 bridgehead atoms. The number of thiophene rings is 1. The van der Waals surface area contributed by atoms with Gasteiger partial charge in [0.1, 0.15) is 11.1 Å². The Morgan fingerprint density at radius 1 is 1.42 bits per heavy atom. The third-order valence-corrected chi connectivity index (χ3v) is 7.10. The molecule has 0 unspecified atom stereocenters. The third kappa shape index (κ3) is 3.45. The number of nitrogens with zero attached hydrogens (tertiary/aromatic N) is 3. The molecule has 7 nitrogen and oxygen atoms in total. The number of nitriles is 1. The van der Waals surface area contributed by atoms with Crippen molar-refractivity contribution in [3.8, 4) is 6.07 Å². The SMILES string of the molecule is CCS(=O)(=O)c1ncc(Cl)c(C(=O)Nc2sc3c(c2C#N)CCCC3)n1. The van der Waals surface area contributed by atoms with Crippen molar-refractivity contribution in [2.45, 2.75) is 37.8 Å². The lowest BCUT2D eigenvalue weighted by Gasteiger charge is -2.09. The molecule has 3 rings (SSSR count). The zero-order chi connectivity index (χ0) is 18.9. The first kappa shape index (κ1) is 18.8. The van der Waals surface area contributed by atoms with Crippen LogP contribution >= 0.6 is 22.9 Å². The fraction of sp³-hybridized carbons (Fsp3) is 0.375. The molecule has 0 fully saturated rings. The van der Waals surface area contributed by atoms with Crippen molar-refractivity contribution in [1.82, 2.24) is 9.97 Å². The van der Waals surface area contributed by atoms with Gasteiger partial charge in [-0.05, 0) is 31.2 Å². The van der Waals surface area contributed by atoms with Gasteiger partial charge in [0.25, 0.3) is 5.91 Å². The van der Waals surface area contributed by atoms with Gasteiger partial charge in [0.05, 0.1) is 22.5 Å². The van der Waals surface area contributed by atoms with Gasteiger partial charge in [-0.3, -0.25) is 4.79 Å². The average Bonchev–Trinajstić information content (AvgIpc) is 2.98.